The summed E-state index contributed by atoms with van der Waals surface area (Å²) in [5, 5.41) is 11.4. The zero-order chi connectivity index (χ0) is 14.6. The van der Waals surface area contributed by atoms with Crippen molar-refractivity contribution in [2.24, 2.45) is 5.41 Å². The predicted octanol–water partition coefficient (Wildman–Crippen LogP) is 2.41. The molecule has 106 valence electrons. The van der Waals surface area contributed by atoms with Gasteiger partial charge in [-0.3, -0.25) is 4.79 Å². The maximum atomic E-state index is 13.6. The minimum absolute atomic E-state index is 0.0103. The molecule has 0 aliphatic rings. The first kappa shape index (κ1) is 15.6. The minimum atomic E-state index is -0.739. The fourth-order valence-electron chi connectivity index (χ4n) is 1.63. The number of nitrogens with one attached hydrogen (secondary N) is 1. The Morgan fingerprint density at radius 1 is 1.32 bits per heavy atom. The van der Waals surface area contributed by atoms with Crippen LogP contribution in [0, 0.1) is 24.0 Å². The summed E-state index contributed by atoms with van der Waals surface area (Å²) in [6, 6.07) is 1.90. The number of carbonyl (C=O) groups is 1. The molecule has 1 aromatic carbocycles. The Kier molecular flexibility index (Phi) is 5.00. The highest BCUT2D eigenvalue weighted by atomic mass is 19.1. The Balaban J connectivity index is 2.77. The molecule has 2 N–H and O–H groups in total. The second-order valence-corrected chi connectivity index (χ2v) is 5.40. The molecule has 0 unspecified atom stereocenters. The van der Waals surface area contributed by atoms with Crippen molar-refractivity contribution in [2.45, 2.75) is 27.2 Å². The lowest BCUT2D eigenvalue weighted by molar-refractivity contribution is 0.0923. The first-order valence-corrected chi connectivity index (χ1v) is 6.11. The Bertz CT molecular complexity index is 473. The van der Waals surface area contributed by atoms with Gasteiger partial charge in [0.2, 0.25) is 0 Å². The quantitative estimate of drug-likeness (QED) is 0.864. The van der Waals surface area contributed by atoms with Gasteiger partial charge < -0.3 is 10.4 Å². The number of amides is 1. The molecule has 3 nitrogen and oxygen atoms in total. The first-order chi connectivity index (χ1) is 8.76. The molecule has 19 heavy (non-hydrogen) atoms. The normalized spacial score (nSPS) is 11.5. The van der Waals surface area contributed by atoms with Crippen LogP contribution in [0.15, 0.2) is 12.1 Å². The van der Waals surface area contributed by atoms with Crippen molar-refractivity contribution < 1.29 is 18.7 Å². The van der Waals surface area contributed by atoms with E-state index < -0.39 is 17.5 Å². The average Bonchev–Trinajstić information content (AvgIpc) is 2.31. The van der Waals surface area contributed by atoms with Crippen molar-refractivity contribution in [3.05, 3.63) is 34.9 Å². The molecule has 0 atom stereocenters. The van der Waals surface area contributed by atoms with Crippen LogP contribution < -0.4 is 5.32 Å². The zero-order valence-electron chi connectivity index (χ0n) is 11.4. The summed E-state index contributed by atoms with van der Waals surface area (Å²) in [5.41, 5.74) is -0.443. The van der Waals surface area contributed by atoms with E-state index >= 15 is 0 Å². The maximum Gasteiger partial charge on any atom is 0.254 e. The molecular formula is C14H19F2NO2. The van der Waals surface area contributed by atoms with Gasteiger partial charge in [-0.1, -0.05) is 13.8 Å². The third-order valence-corrected chi connectivity index (χ3v) is 3.01. The molecule has 1 amide bonds. The van der Waals surface area contributed by atoms with Crippen LogP contribution in [-0.4, -0.2) is 24.2 Å². The number of carbonyl (C=O) groups excluding carboxylic acids is 1. The fourth-order valence-corrected chi connectivity index (χ4v) is 1.63. The van der Waals surface area contributed by atoms with Gasteiger partial charge in [-0.05, 0) is 36.5 Å². The lowest BCUT2D eigenvalue weighted by atomic mass is 9.89. The Morgan fingerprint density at radius 2 is 1.95 bits per heavy atom. The van der Waals surface area contributed by atoms with E-state index in [1.165, 1.54) is 6.92 Å². The molecular weight excluding hydrogens is 252 g/mol. The third-order valence-electron chi connectivity index (χ3n) is 3.01. The van der Waals surface area contributed by atoms with Gasteiger partial charge >= 0.3 is 0 Å². The monoisotopic (exact) mass is 271 g/mol. The standard InChI is InChI=1S/C14H19F2NO2/c1-9-6-12(16)10(7-11(9)15)13(19)17-8-14(2,3)4-5-18/h6-7,18H,4-5,8H2,1-3H3,(H,17,19). The number of aliphatic hydroxyl groups excluding tert-OH is 1. The van der Waals surface area contributed by atoms with E-state index in [1.807, 2.05) is 13.8 Å². The molecule has 0 aliphatic heterocycles. The second-order valence-electron chi connectivity index (χ2n) is 5.40. The molecule has 5 heteroatoms. The van der Waals surface area contributed by atoms with Gasteiger partial charge in [0, 0.05) is 13.2 Å². The highest BCUT2D eigenvalue weighted by Gasteiger charge is 2.20. The van der Waals surface area contributed by atoms with E-state index in [9.17, 15) is 13.6 Å². The number of benzene rings is 1. The zero-order valence-corrected chi connectivity index (χ0v) is 11.4. The lowest BCUT2D eigenvalue weighted by Gasteiger charge is -2.23. The summed E-state index contributed by atoms with van der Waals surface area (Å²) < 4.78 is 26.9. The molecule has 0 saturated heterocycles. The van der Waals surface area contributed by atoms with Crippen LogP contribution >= 0.6 is 0 Å². The van der Waals surface area contributed by atoms with Gasteiger partial charge in [-0.2, -0.15) is 0 Å². The van der Waals surface area contributed by atoms with E-state index in [0.717, 1.165) is 12.1 Å². The van der Waals surface area contributed by atoms with Crippen LogP contribution in [-0.2, 0) is 0 Å². The van der Waals surface area contributed by atoms with E-state index in [4.69, 9.17) is 5.11 Å². The van der Waals surface area contributed by atoms with Crippen molar-refractivity contribution in [1.82, 2.24) is 5.32 Å². The number of rotatable bonds is 5. The number of halogens is 2. The topological polar surface area (TPSA) is 49.3 Å². The Labute approximate surface area is 111 Å². The summed E-state index contributed by atoms with van der Waals surface area (Å²) >= 11 is 0. The molecule has 1 rings (SSSR count). The summed E-state index contributed by atoms with van der Waals surface area (Å²) in [7, 11) is 0. The van der Waals surface area contributed by atoms with Crippen LogP contribution in [0.1, 0.15) is 36.2 Å². The molecule has 0 spiro atoms. The van der Waals surface area contributed by atoms with Crippen molar-refractivity contribution >= 4 is 5.91 Å². The number of aliphatic hydroxyl groups is 1. The first-order valence-electron chi connectivity index (χ1n) is 6.11. The van der Waals surface area contributed by atoms with Crippen LogP contribution in [0.2, 0.25) is 0 Å². The van der Waals surface area contributed by atoms with Gasteiger partial charge in [0.25, 0.3) is 5.91 Å². The Morgan fingerprint density at radius 3 is 2.53 bits per heavy atom. The molecule has 0 fully saturated rings. The van der Waals surface area contributed by atoms with E-state index in [1.54, 1.807) is 0 Å². The van der Waals surface area contributed by atoms with Crippen LogP contribution in [0.3, 0.4) is 0 Å². The molecule has 0 aromatic heterocycles. The van der Waals surface area contributed by atoms with Crippen LogP contribution in [0.25, 0.3) is 0 Å². The van der Waals surface area contributed by atoms with Gasteiger partial charge in [0.15, 0.2) is 0 Å². The molecule has 0 heterocycles. The van der Waals surface area contributed by atoms with E-state index in [2.05, 4.69) is 5.32 Å². The summed E-state index contributed by atoms with van der Waals surface area (Å²) in [5.74, 6) is -2.00. The van der Waals surface area contributed by atoms with Crippen LogP contribution in [0.5, 0.6) is 0 Å². The van der Waals surface area contributed by atoms with Gasteiger partial charge in [-0.25, -0.2) is 8.78 Å². The third kappa shape index (κ3) is 4.28. The predicted molar refractivity (Wildman–Crippen MR) is 68.9 cm³/mol. The summed E-state index contributed by atoms with van der Waals surface area (Å²) in [4.78, 5) is 11.8. The molecule has 0 saturated carbocycles. The molecule has 0 aliphatic carbocycles. The van der Waals surface area contributed by atoms with Crippen molar-refractivity contribution in [3.8, 4) is 0 Å². The van der Waals surface area contributed by atoms with E-state index in [-0.39, 0.29) is 29.7 Å². The van der Waals surface area contributed by atoms with Crippen molar-refractivity contribution in [2.75, 3.05) is 13.2 Å². The number of hydrogen-bond acceptors (Lipinski definition) is 2. The number of hydrogen-bond donors (Lipinski definition) is 2. The molecule has 0 radical (unpaired) electrons. The average molecular weight is 271 g/mol. The van der Waals surface area contributed by atoms with E-state index in [0.29, 0.717) is 6.42 Å². The molecule has 1 aromatic rings. The highest BCUT2D eigenvalue weighted by molar-refractivity contribution is 5.94. The summed E-state index contributed by atoms with van der Waals surface area (Å²) in [6.45, 7) is 5.47. The SMILES string of the molecule is Cc1cc(F)c(C(=O)NCC(C)(C)CCO)cc1F. The van der Waals surface area contributed by atoms with Crippen molar-refractivity contribution in [3.63, 3.8) is 0 Å². The highest BCUT2D eigenvalue weighted by Crippen LogP contribution is 2.19. The summed E-state index contributed by atoms with van der Waals surface area (Å²) in [6.07, 6.45) is 0.512. The minimum Gasteiger partial charge on any atom is -0.396 e. The van der Waals surface area contributed by atoms with Gasteiger partial charge in [-0.15, -0.1) is 0 Å². The lowest BCUT2D eigenvalue weighted by Crippen LogP contribution is -2.35. The largest absolute Gasteiger partial charge is 0.396 e. The Hall–Kier alpha value is -1.49. The fraction of sp³-hybridized carbons (Fsp3) is 0.500. The van der Waals surface area contributed by atoms with Crippen molar-refractivity contribution in [1.29, 1.82) is 0 Å². The van der Waals surface area contributed by atoms with Crippen LogP contribution in [0.4, 0.5) is 8.78 Å². The molecule has 0 bridgehead atoms. The second kappa shape index (κ2) is 6.10. The van der Waals surface area contributed by atoms with Gasteiger partial charge in [0.05, 0.1) is 5.56 Å². The maximum absolute atomic E-state index is 13.6. The number of aryl methyl sites for hydroxylation is 1. The van der Waals surface area contributed by atoms with Gasteiger partial charge in [0.1, 0.15) is 11.6 Å². The smallest absolute Gasteiger partial charge is 0.254 e.